The molecule has 1 aliphatic rings. The lowest BCUT2D eigenvalue weighted by Crippen LogP contribution is -2.48. The van der Waals surface area contributed by atoms with Crippen LogP contribution >= 0.6 is 23.2 Å². The maximum atomic E-state index is 12.4. The van der Waals surface area contributed by atoms with Gasteiger partial charge in [0.1, 0.15) is 0 Å². The average molecular weight is 329 g/mol. The molecular weight excluding hydrogens is 307 g/mol. The molecule has 3 atom stereocenters. The molecule has 1 heterocycles. The molecule has 1 saturated heterocycles. The fourth-order valence-corrected chi connectivity index (χ4v) is 3.48. The Kier molecular flexibility index (Phi) is 5.53. The van der Waals surface area contributed by atoms with Crippen LogP contribution in [0.2, 0.25) is 10.0 Å². The number of nitrogens with one attached hydrogen (secondary N) is 1. The molecule has 2 rings (SSSR count). The van der Waals surface area contributed by atoms with Gasteiger partial charge in [-0.1, -0.05) is 37.0 Å². The Hall–Kier alpha value is -0.770. The van der Waals surface area contributed by atoms with Gasteiger partial charge in [-0.3, -0.25) is 9.69 Å². The Morgan fingerprint density at radius 3 is 2.48 bits per heavy atom. The second-order valence-corrected chi connectivity index (χ2v) is 7.03. The van der Waals surface area contributed by atoms with E-state index in [1.54, 1.807) is 18.2 Å². The number of anilines is 1. The first kappa shape index (κ1) is 16.6. The minimum Gasteiger partial charge on any atom is -0.323 e. The van der Waals surface area contributed by atoms with Gasteiger partial charge in [0.2, 0.25) is 5.91 Å². The summed E-state index contributed by atoms with van der Waals surface area (Å²) < 4.78 is 0. The highest BCUT2D eigenvalue weighted by atomic mass is 35.5. The SMILES string of the molecule is C[C@@H]1C[C@H](C)CN([C@@H](C)C(=O)Nc2ccc(Cl)cc2Cl)C1. The van der Waals surface area contributed by atoms with Crippen molar-refractivity contribution in [1.82, 2.24) is 4.90 Å². The summed E-state index contributed by atoms with van der Waals surface area (Å²) in [7, 11) is 0. The lowest BCUT2D eigenvalue weighted by Gasteiger charge is -2.38. The Labute approximate surface area is 136 Å². The smallest absolute Gasteiger partial charge is 0.241 e. The van der Waals surface area contributed by atoms with Crippen molar-refractivity contribution in [2.75, 3.05) is 18.4 Å². The standard InChI is InChI=1S/C16H22Cl2N2O/c1-10-6-11(2)9-20(8-10)12(3)16(21)19-15-5-4-13(17)7-14(15)18/h4-5,7,10-12H,6,8-9H2,1-3H3,(H,19,21)/t10-,11+,12-/m0/s1. The van der Waals surface area contributed by atoms with E-state index in [0.29, 0.717) is 27.6 Å². The number of carbonyl (C=O) groups excluding carboxylic acids is 1. The predicted octanol–water partition coefficient (Wildman–Crippen LogP) is 4.30. The van der Waals surface area contributed by atoms with Gasteiger partial charge in [0.25, 0.3) is 0 Å². The van der Waals surface area contributed by atoms with E-state index in [1.807, 2.05) is 6.92 Å². The summed E-state index contributed by atoms with van der Waals surface area (Å²) in [6.07, 6.45) is 1.23. The minimum atomic E-state index is -0.165. The van der Waals surface area contributed by atoms with Crippen LogP contribution in [-0.2, 0) is 4.79 Å². The van der Waals surface area contributed by atoms with E-state index in [-0.39, 0.29) is 11.9 Å². The number of benzene rings is 1. The first-order valence-corrected chi connectivity index (χ1v) is 8.12. The van der Waals surface area contributed by atoms with Crippen LogP contribution in [0.15, 0.2) is 18.2 Å². The van der Waals surface area contributed by atoms with Crippen LogP contribution in [-0.4, -0.2) is 29.9 Å². The maximum absolute atomic E-state index is 12.4. The number of hydrogen-bond acceptors (Lipinski definition) is 2. The second kappa shape index (κ2) is 6.99. The highest BCUT2D eigenvalue weighted by molar-refractivity contribution is 6.36. The molecular formula is C16H22Cl2N2O. The zero-order valence-electron chi connectivity index (χ0n) is 12.7. The van der Waals surface area contributed by atoms with Crippen LogP contribution in [0.1, 0.15) is 27.2 Å². The van der Waals surface area contributed by atoms with Gasteiger partial charge >= 0.3 is 0 Å². The zero-order chi connectivity index (χ0) is 15.6. The molecule has 1 fully saturated rings. The van der Waals surface area contributed by atoms with Gasteiger partial charge in [0.15, 0.2) is 0 Å². The van der Waals surface area contributed by atoms with Gasteiger partial charge in [-0.2, -0.15) is 0 Å². The third-order valence-electron chi connectivity index (χ3n) is 4.01. The summed E-state index contributed by atoms with van der Waals surface area (Å²) in [6.45, 7) is 8.36. The van der Waals surface area contributed by atoms with Gasteiger partial charge < -0.3 is 5.32 Å². The highest BCUT2D eigenvalue weighted by Gasteiger charge is 2.28. The molecule has 0 aliphatic carbocycles. The van der Waals surface area contributed by atoms with Crippen LogP contribution in [0.4, 0.5) is 5.69 Å². The molecule has 3 nitrogen and oxygen atoms in total. The van der Waals surface area contributed by atoms with Crippen LogP contribution < -0.4 is 5.32 Å². The number of hydrogen-bond donors (Lipinski definition) is 1. The van der Waals surface area contributed by atoms with Gasteiger partial charge in [-0.15, -0.1) is 0 Å². The van der Waals surface area contributed by atoms with Crippen LogP contribution in [0.25, 0.3) is 0 Å². The topological polar surface area (TPSA) is 32.3 Å². The number of halogens is 2. The first-order valence-electron chi connectivity index (χ1n) is 7.36. The van der Waals surface area contributed by atoms with E-state index in [2.05, 4.69) is 24.1 Å². The van der Waals surface area contributed by atoms with E-state index in [4.69, 9.17) is 23.2 Å². The summed E-state index contributed by atoms with van der Waals surface area (Å²) in [6, 6.07) is 4.92. The molecule has 1 aromatic rings. The summed E-state index contributed by atoms with van der Waals surface area (Å²) in [5, 5.41) is 3.91. The van der Waals surface area contributed by atoms with E-state index in [9.17, 15) is 4.79 Å². The Morgan fingerprint density at radius 2 is 1.90 bits per heavy atom. The van der Waals surface area contributed by atoms with Crippen LogP contribution in [0.3, 0.4) is 0 Å². The van der Waals surface area contributed by atoms with Crippen molar-refractivity contribution in [3.8, 4) is 0 Å². The highest BCUT2D eigenvalue weighted by Crippen LogP contribution is 2.27. The number of rotatable bonds is 3. The minimum absolute atomic E-state index is 0.0273. The largest absolute Gasteiger partial charge is 0.323 e. The summed E-state index contributed by atoms with van der Waals surface area (Å²) in [5.74, 6) is 1.23. The van der Waals surface area contributed by atoms with Crippen molar-refractivity contribution in [1.29, 1.82) is 0 Å². The van der Waals surface area contributed by atoms with Gasteiger partial charge in [-0.25, -0.2) is 0 Å². The Bertz CT molecular complexity index is 511. The first-order chi connectivity index (χ1) is 9.86. The molecule has 1 amide bonds. The van der Waals surface area contributed by atoms with Gasteiger partial charge in [-0.05, 0) is 43.4 Å². The van der Waals surface area contributed by atoms with E-state index in [1.165, 1.54) is 6.42 Å². The molecule has 0 unspecified atom stereocenters. The zero-order valence-corrected chi connectivity index (χ0v) is 14.2. The van der Waals surface area contributed by atoms with Crippen LogP contribution in [0, 0.1) is 11.8 Å². The van der Waals surface area contributed by atoms with E-state index >= 15 is 0 Å². The third-order valence-corrected chi connectivity index (χ3v) is 4.56. The average Bonchev–Trinajstić information content (AvgIpc) is 2.40. The van der Waals surface area contributed by atoms with Crippen molar-refractivity contribution in [2.45, 2.75) is 33.2 Å². The number of carbonyl (C=O) groups is 1. The van der Waals surface area contributed by atoms with E-state index in [0.717, 1.165) is 13.1 Å². The fourth-order valence-electron chi connectivity index (χ4n) is 3.02. The van der Waals surface area contributed by atoms with Crippen molar-refractivity contribution in [3.05, 3.63) is 28.2 Å². The lowest BCUT2D eigenvalue weighted by molar-refractivity contribution is -0.121. The monoisotopic (exact) mass is 328 g/mol. The second-order valence-electron chi connectivity index (χ2n) is 6.19. The van der Waals surface area contributed by atoms with Gasteiger partial charge in [0.05, 0.1) is 16.8 Å². The number of piperidine rings is 1. The molecule has 0 saturated carbocycles. The molecule has 1 aromatic carbocycles. The van der Waals surface area contributed by atoms with Crippen molar-refractivity contribution < 1.29 is 4.79 Å². The molecule has 1 aliphatic heterocycles. The molecule has 116 valence electrons. The number of likely N-dealkylation sites (tertiary alicyclic amines) is 1. The Morgan fingerprint density at radius 1 is 1.29 bits per heavy atom. The van der Waals surface area contributed by atoms with Crippen molar-refractivity contribution in [2.24, 2.45) is 11.8 Å². The van der Waals surface area contributed by atoms with Crippen molar-refractivity contribution >= 4 is 34.8 Å². The molecule has 0 aromatic heterocycles. The van der Waals surface area contributed by atoms with Crippen molar-refractivity contribution in [3.63, 3.8) is 0 Å². The quantitative estimate of drug-likeness (QED) is 0.897. The molecule has 5 heteroatoms. The summed E-state index contributed by atoms with van der Waals surface area (Å²) in [4.78, 5) is 14.7. The summed E-state index contributed by atoms with van der Waals surface area (Å²) >= 11 is 12.0. The summed E-state index contributed by atoms with van der Waals surface area (Å²) in [5.41, 5.74) is 0.607. The van der Waals surface area contributed by atoms with E-state index < -0.39 is 0 Å². The van der Waals surface area contributed by atoms with Gasteiger partial charge in [0, 0.05) is 18.1 Å². The fraction of sp³-hybridized carbons (Fsp3) is 0.562. The molecule has 21 heavy (non-hydrogen) atoms. The number of nitrogens with zero attached hydrogens (tertiary/aromatic N) is 1. The maximum Gasteiger partial charge on any atom is 0.241 e. The lowest BCUT2D eigenvalue weighted by atomic mass is 9.91. The normalized spacial score (nSPS) is 24.6. The number of amides is 1. The third kappa shape index (κ3) is 4.35. The molecule has 0 bridgehead atoms. The van der Waals surface area contributed by atoms with Crippen LogP contribution in [0.5, 0.6) is 0 Å². The molecule has 0 spiro atoms. The molecule has 0 radical (unpaired) electrons. The predicted molar refractivity (Wildman–Crippen MR) is 89.1 cm³/mol. The molecule has 1 N–H and O–H groups in total. The Balaban J connectivity index is 2.02.